The number of aromatic amines is 1. The lowest BCUT2D eigenvalue weighted by molar-refractivity contribution is -0.385. The molecule has 20 heavy (non-hydrogen) atoms. The van der Waals surface area contributed by atoms with Crippen LogP contribution in [-0.2, 0) is 0 Å². The molecule has 1 aromatic carbocycles. The van der Waals surface area contributed by atoms with Crippen molar-refractivity contribution in [1.29, 1.82) is 0 Å². The van der Waals surface area contributed by atoms with Gasteiger partial charge in [-0.05, 0) is 25.1 Å². The fourth-order valence-electron chi connectivity index (χ4n) is 1.72. The van der Waals surface area contributed by atoms with Gasteiger partial charge in [-0.1, -0.05) is 6.07 Å². The molecule has 0 aliphatic heterocycles. The van der Waals surface area contributed by atoms with Crippen LogP contribution in [0, 0.1) is 17.0 Å². The van der Waals surface area contributed by atoms with E-state index in [-0.39, 0.29) is 16.9 Å². The van der Waals surface area contributed by atoms with E-state index in [0.717, 1.165) is 0 Å². The molecule has 1 aromatic heterocycles. The standard InChI is InChI=1S/C13H11N3O4/c1-8-7-9(5-6-11(8)16(19)20)14-13(18)10-3-2-4-12(17)15-10/h2-7H,1H3,(H,14,18)(H,15,17). The van der Waals surface area contributed by atoms with Gasteiger partial charge in [-0.3, -0.25) is 19.7 Å². The number of aromatic nitrogens is 1. The van der Waals surface area contributed by atoms with Crippen LogP contribution in [0.1, 0.15) is 16.1 Å². The third kappa shape index (κ3) is 2.89. The number of anilines is 1. The Morgan fingerprint density at radius 2 is 2.05 bits per heavy atom. The van der Waals surface area contributed by atoms with Gasteiger partial charge in [-0.25, -0.2) is 0 Å². The third-order valence-corrected chi connectivity index (χ3v) is 2.66. The van der Waals surface area contributed by atoms with Crippen molar-refractivity contribution < 1.29 is 9.72 Å². The molecule has 0 saturated carbocycles. The van der Waals surface area contributed by atoms with E-state index in [1.54, 1.807) is 6.92 Å². The summed E-state index contributed by atoms with van der Waals surface area (Å²) < 4.78 is 0. The molecule has 0 unspecified atom stereocenters. The quantitative estimate of drug-likeness (QED) is 0.657. The topological polar surface area (TPSA) is 105 Å². The number of H-pyrrole nitrogens is 1. The number of hydrogen-bond acceptors (Lipinski definition) is 4. The van der Waals surface area contributed by atoms with E-state index >= 15 is 0 Å². The van der Waals surface area contributed by atoms with Crippen LogP contribution in [0.4, 0.5) is 11.4 Å². The number of carbonyl (C=O) groups is 1. The van der Waals surface area contributed by atoms with E-state index in [1.807, 2.05) is 0 Å². The first-order valence-electron chi connectivity index (χ1n) is 5.73. The number of nitro benzene ring substituents is 1. The van der Waals surface area contributed by atoms with Crippen molar-refractivity contribution >= 4 is 17.3 Å². The van der Waals surface area contributed by atoms with Crippen LogP contribution < -0.4 is 10.9 Å². The van der Waals surface area contributed by atoms with E-state index < -0.39 is 10.8 Å². The van der Waals surface area contributed by atoms with Gasteiger partial charge in [0.2, 0.25) is 5.56 Å². The lowest BCUT2D eigenvalue weighted by Crippen LogP contribution is -2.17. The molecule has 0 fully saturated rings. The third-order valence-electron chi connectivity index (χ3n) is 2.66. The number of carbonyl (C=O) groups excluding carboxylic acids is 1. The van der Waals surface area contributed by atoms with Gasteiger partial charge in [0, 0.05) is 23.4 Å². The summed E-state index contributed by atoms with van der Waals surface area (Å²) in [5.41, 5.74) is 0.583. The lowest BCUT2D eigenvalue weighted by atomic mass is 10.2. The minimum atomic E-state index is -0.490. The number of nitrogens with zero attached hydrogens (tertiary/aromatic N) is 1. The largest absolute Gasteiger partial charge is 0.321 e. The molecule has 1 amide bonds. The second kappa shape index (κ2) is 5.35. The Labute approximate surface area is 113 Å². The van der Waals surface area contributed by atoms with Crippen molar-refractivity contribution in [2.24, 2.45) is 0 Å². The molecule has 1 heterocycles. The van der Waals surface area contributed by atoms with Gasteiger partial charge in [0.25, 0.3) is 11.6 Å². The Bertz CT molecular complexity index is 736. The predicted molar refractivity (Wildman–Crippen MR) is 72.8 cm³/mol. The summed E-state index contributed by atoms with van der Waals surface area (Å²) in [5.74, 6) is -0.490. The monoisotopic (exact) mass is 273 g/mol. The number of amides is 1. The SMILES string of the molecule is Cc1cc(NC(=O)c2cccc(=O)[nH]2)ccc1[N+](=O)[O-]. The summed E-state index contributed by atoms with van der Waals surface area (Å²) in [6.45, 7) is 1.58. The Balaban J connectivity index is 2.22. The summed E-state index contributed by atoms with van der Waals surface area (Å²) in [6.07, 6.45) is 0. The average molecular weight is 273 g/mol. The second-order valence-corrected chi connectivity index (χ2v) is 4.14. The normalized spacial score (nSPS) is 10.1. The van der Waals surface area contributed by atoms with Gasteiger partial charge in [-0.2, -0.15) is 0 Å². The summed E-state index contributed by atoms with van der Waals surface area (Å²) in [5, 5.41) is 13.3. The van der Waals surface area contributed by atoms with Crippen LogP contribution >= 0.6 is 0 Å². The molecule has 0 aliphatic rings. The first kappa shape index (κ1) is 13.5. The molecule has 0 bridgehead atoms. The molecular formula is C13H11N3O4. The van der Waals surface area contributed by atoms with E-state index in [2.05, 4.69) is 10.3 Å². The van der Waals surface area contributed by atoms with Crippen molar-refractivity contribution in [3.05, 3.63) is 68.1 Å². The maximum Gasteiger partial charge on any atom is 0.272 e. The van der Waals surface area contributed by atoms with Gasteiger partial charge in [-0.15, -0.1) is 0 Å². The number of nitro groups is 1. The fourth-order valence-corrected chi connectivity index (χ4v) is 1.72. The first-order valence-corrected chi connectivity index (χ1v) is 5.73. The van der Waals surface area contributed by atoms with E-state index in [0.29, 0.717) is 11.3 Å². The van der Waals surface area contributed by atoms with Crippen LogP contribution in [-0.4, -0.2) is 15.8 Å². The zero-order valence-electron chi connectivity index (χ0n) is 10.5. The van der Waals surface area contributed by atoms with E-state index in [4.69, 9.17) is 0 Å². The molecule has 7 nitrogen and oxygen atoms in total. The van der Waals surface area contributed by atoms with E-state index in [9.17, 15) is 19.7 Å². The molecule has 102 valence electrons. The molecule has 2 N–H and O–H groups in total. The average Bonchev–Trinajstić information content (AvgIpc) is 2.38. The van der Waals surface area contributed by atoms with Crippen molar-refractivity contribution in [1.82, 2.24) is 4.98 Å². The highest BCUT2D eigenvalue weighted by Crippen LogP contribution is 2.21. The number of nitrogens with one attached hydrogen (secondary N) is 2. The van der Waals surface area contributed by atoms with Crippen molar-refractivity contribution in [3.63, 3.8) is 0 Å². The summed E-state index contributed by atoms with van der Waals surface area (Å²) in [4.78, 5) is 35.6. The van der Waals surface area contributed by atoms with Crippen molar-refractivity contribution in [2.75, 3.05) is 5.32 Å². The smallest absolute Gasteiger partial charge is 0.272 e. The van der Waals surface area contributed by atoms with Crippen LogP contribution in [0.2, 0.25) is 0 Å². The molecule has 2 rings (SSSR count). The molecule has 0 radical (unpaired) electrons. The minimum Gasteiger partial charge on any atom is -0.321 e. The zero-order chi connectivity index (χ0) is 14.7. The summed E-state index contributed by atoms with van der Waals surface area (Å²) in [6, 6.07) is 8.48. The minimum absolute atomic E-state index is 0.0175. The van der Waals surface area contributed by atoms with Crippen LogP contribution in [0.25, 0.3) is 0 Å². The number of pyridine rings is 1. The highest BCUT2D eigenvalue weighted by molar-refractivity contribution is 6.02. The zero-order valence-corrected chi connectivity index (χ0v) is 10.5. The Kier molecular flexibility index (Phi) is 3.60. The molecule has 7 heteroatoms. The maximum absolute atomic E-state index is 11.9. The molecule has 0 spiro atoms. The highest BCUT2D eigenvalue weighted by Gasteiger charge is 2.12. The number of rotatable bonds is 3. The maximum atomic E-state index is 11.9. The Morgan fingerprint density at radius 3 is 2.65 bits per heavy atom. The van der Waals surface area contributed by atoms with Crippen LogP contribution in [0.15, 0.2) is 41.2 Å². The highest BCUT2D eigenvalue weighted by atomic mass is 16.6. The molecule has 0 atom stereocenters. The molecule has 2 aromatic rings. The lowest BCUT2D eigenvalue weighted by Gasteiger charge is -2.06. The van der Waals surface area contributed by atoms with Gasteiger partial charge in [0.05, 0.1) is 4.92 Å². The van der Waals surface area contributed by atoms with Gasteiger partial charge < -0.3 is 10.3 Å². The van der Waals surface area contributed by atoms with Crippen molar-refractivity contribution in [2.45, 2.75) is 6.92 Å². The van der Waals surface area contributed by atoms with Crippen LogP contribution in [0.5, 0.6) is 0 Å². The number of benzene rings is 1. The molecule has 0 aliphatic carbocycles. The van der Waals surface area contributed by atoms with Crippen molar-refractivity contribution in [3.8, 4) is 0 Å². The fraction of sp³-hybridized carbons (Fsp3) is 0.0769. The number of aryl methyl sites for hydroxylation is 1. The summed E-state index contributed by atoms with van der Waals surface area (Å²) in [7, 11) is 0. The second-order valence-electron chi connectivity index (χ2n) is 4.14. The first-order chi connectivity index (χ1) is 9.47. The molecular weight excluding hydrogens is 262 g/mol. The molecule has 0 saturated heterocycles. The number of hydrogen-bond donors (Lipinski definition) is 2. The summed E-state index contributed by atoms with van der Waals surface area (Å²) >= 11 is 0. The van der Waals surface area contributed by atoms with Crippen LogP contribution in [0.3, 0.4) is 0 Å². The predicted octanol–water partition coefficient (Wildman–Crippen LogP) is 1.84. The Morgan fingerprint density at radius 1 is 1.30 bits per heavy atom. The Hall–Kier alpha value is -2.96. The van der Waals surface area contributed by atoms with Gasteiger partial charge in [0.15, 0.2) is 0 Å². The van der Waals surface area contributed by atoms with Gasteiger partial charge >= 0.3 is 0 Å². The van der Waals surface area contributed by atoms with E-state index in [1.165, 1.54) is 36.4 Å². The van der Waals surface area contributed by atoms with Gasteiger partial charge in [0.1, 0.15) is 5.69 Å².